The van der Waals surface area contributed by atoms with Crippen LogP contribution in [0.2, 0.25) is 0 Å². The highest BCUT2D eigenvalue weighted by Crippen LogP contribution is 2.30. The number of aromatic nitrogens is 4. The van der Waals surface area contributed by atoms with Crippen molar-refractivity contribution >= 4 is 22.1 Å². The molecule has 0 radical (unpaired) electrons. The van der Waals surface area contributed by atoms with E-state index in [1.165, 1.54) is 0 Å². The summed E-state index contributed by atoms with van der Waals surface area (Å²) in [5.74, 6) is 0. The van der Waals surface area contributed by atoms with Crippen LogP contribution in [0.4, 0.5) is 0 Å². The molecule has 5 nitrogen and oxygen atoms in total. The van der Waals surface area contributed by atoms with Gasteiger partial charge in [0.05, 0.1) is 28.4 Å². The van der Waals surface area contributed by atoms with Crippen LogP contribution >= 0.6 is 0 Å². The van der Waals surface area contributed by atoms with Gasteiger partial charge in [0.15, 0.2) is 0 Å². The first-order valence-electron chi connectivity index (χ1n) is 5.96. The number of fused-ring (bicyclic) bond motifs is 2. The molecule has 4 rings (SSSR count). The summed E-state index contributed by atoms with van der Waals surface area (Å²) in [6.45, 7) is 0. The standard InChI is InChI=1S/C14H10N4O/c19-14-17-11-6-2-4-9(13(11)18-14)8-3-1-5-10-12(8)16-7-15-10/h1-7H,(H,15,16)(H2,17,18,19). The first-order chi connectivity index (χ1) is 9.33. The van der Waals surface area contributed by atoms with Crippen LogP contribution in [0, 0.1) is 0 Å². The number of H-pyrrole nitrogens is 3. The highest BCUT2D eigenvalue weighted by Gasteiger charge is 2.10. The maximum Gasteiger partial charge on any atom is 0.323 e. The average molecular weight is 250 g/mol. The van der Waals surface area contributed by atoms with Gasteiger partial charge in [-0.3, -0.25) is 0 Å². The first-order valence-corrected chi connectivity index (χ1v) is 5.96. The second kappa shape index (κ2) is 3.58. The zero-order valence-corrected chi connectivity index (χ0v) is 9.90. The summed E-state index contributed by atoms with van der Waals surface area (Å²) in [6.07, 6.45) is 1.67. The van der Waals surface area contributed by atoms with Crippen molar-refractivity contribution in [2.45, 2.75) is 0 Å². The van der Waals surface area contributed by atoms with Gasteiger partial charge in [0, 0.05) is 11.1 Å². The SMILES string of the molecule is O=c1[nH]c2cccc(-c3cccc4[nH]cnc34)c2[nH]1. The number of hydrogen-bond acceptors (Lipinski definition) is 2. The maximum absolute atomic E-state index is 11.5. The molecule has 0 aliphatic heterocycles. The van der Waals surface area contributed by atoms with E-state index >= 15 is 0 Å². The van der Waals surface area contributed by atoms with Crippen molar-refractivity contribution in [3.63, 3.8) is 0 Å². The van der Waals surface area contributed by atoms with E-state index in [-0.39, 0.29) is 5.69 Å². The number of aromatic amines is 3. The van der Waals surface area contributed by atoms with Crippen LogP contribution in [-0.4, -0.2) is 19.9 Å². The van der Waals surface area contributed by atoms with Crippen LogP contribution in [0.5, 0.6) is 0 Å². The Labute approximate surface area is 107 Å². The minimum Gasteiger partial charge on any atom is -0.345 e. The van der Waals surface area contributed by atoms with Gasteiger partial charge in [-0.2, -0.15) is 0 Å². The molecule has 2 aromatic carbocycles. The van der Waals surface area contributed by atoms with E-state index in [2.05, 4.69) is 19.9 Å². The van der Waals surface area contributed by atoms with Crippen LogP contribution in [0.3, 0.4) is 0 Å². The number of hydrogen-bond donors (Lipinski definition) is 3. The number of rotatable bonds is 1. The summed E-state index contributed by atoms with van der Waals surface area (Å²) in [5.41, 5.74) is 5.26. The molecule has 4 aromatic rings. The van der Waals surface area contributed by atoms with Gasteiger partial charge >= 0.3 is 5.69 Å². The van der Waals surface area contributed by atoms with Gasteiger partial charge in [0.2, 0.25) is 0 Å². The van der Waals surface area contributed by atoms with Crippen LogP contribution in [0.25, 0.3) is 33.2 Å². The molecule has 0 aliphatic rings. The van der Waals surface area contributed by atoms with Crippen LogP contribution < -0.4 is 5.69 Å². The summed E-state index contributed by atoms with van der Waals surface area (Å²) < 4.78 is 0. The van der Waals surface area contributed by atoms with E-state index in [0.717, 1.165) is 33.2 Å². The zero-order chi connectivity index (χ0) is 12.8. The lowest BCUT2D eigenvalue weighted by atomic mass is 10.0. The third kappa shape index (κ3) is 1.41. The van der Waals surface area contributed by atoms with Crippen LogP contribution in [0.1, 0.15) is 0 Å². The summed E-state index contributed by atoms with van der Waals surface area (Å²) >= 11 is 0. The second-order valence-corrected chi connectivity index (χ2v) is 4.41. The maximum atomic E-state index is 11.5. The van der Waals surface area contributed by atoms with Crippen molar-refractivity contribution in [3.05, 3.63) is 53.2 Å². The van der Waals surface area contributed by atoms with Crippen molar-refractivity contribution < 1.29 is 0 Å². The first kappa shape index (κ1) is 10.1. The van der Waals surface area contributed by atoms with Gasteiger partial charge in [0.25, 0.3) is 0 Å². The lowest BCUT2D eigenvalue weighted by Crippen LogP contribution is -1.99. The molecule has 0 fully saturated rings. The van der Waals surface area contributed by atoms with Gasteiger partial charge < -0.3 is 15.0 Å². The Bertz CT molecular complexity index is 945. The normalized spacial score (nSPS) is 11.4. The predicted octanol–water partition coefficient (Wildman–Crippen LogP) is 2.40. The molecular weight excluding hydrogens is 240 g/mol. The Morgan fingerprint density at radius 1 is 0.895 bits per heavy atom. The molecule has 2 heterocycles. The molecule has 0 spiro atoms. The summed E-state index contributed by atoms with van der Waals surface area (Å²) in [4.78, 5) is 24.5. The molecule has 5 heteroatoms. The third-order valence-electron chi connectivity index (χ3n) is 3.29. The number of nitrogens with one attached hydrogen (secondary N) is 3. The molecule has 3 N–H and O–H groups in total. The van der Waals surface area contributed by atoms with Crippen LogP contribution in [0.15, 0.2) is 47.5 Å². The quantitative estimate of drug-likeness (QED) is 0.485. The minimum absolute atomic E-state index is 0.198. The molecule has 0 atom stereocenters. The Hall–Kier alpha value is -2.82. The number of para-hydroxylation sites is 2. The van der Waals surface area contributed by atoms with Gasteiger partial charge in [-0.1, -0.05) is 24.3 Å². The molecule has 0 aliphatic carbocycles. The predicted molar refractivity (Wildman–Crippen MR) is 74.0 cm³/mol. The van der Waals surface area contributed by atoms with Gasteiger partial charge in [-0.05, 0) is 12.1 Å². The molecule has 92 valence electrons. The van der Waals surface area contributed by atoms with E-state index in [0.29, 0.717) is 0 Å². The molecular formula is C14H10N4O. The van der Waals surface area contributed by atoms with Crippen molar-refractivity contribution in [1.82, 2.24) is 19.9 Å². The Kier molecular flexibility index (Phi) is 1.91. The summed E-state index contributed by atoms with van der Waals surface area (Å²) in [5, 5.41) is 0. The number of benzene rings is 2. The highest BCUT2D eigenvalue weighted by atomic mass is 16.1. The Balaban J connectivity index is 2.14. The smallest absolute Gasteiger partial charge is 0.323 e. The lowest BCUT2D eigenvalue weighted by molar-refractivity contribution is 1.22. The Morgan fingerprint density at radius 2 is 1.68 bits per heavy atom. The highest BCUT2D eigenvalue weighted by molar-refractivity contribution is 6.00. The molecule has 0 unspecified atom stereocenters. The molecule has 0 saturated heterocycles. The van der Waals surface area contributed by atoms with Crippen molar-refractivity contribution in [3.8, 4) is 11.1 Å². The topological polar surface area (TPSA) is 77.3 Å². The van der Waals surface area contributed by atoms with Gasteiger partial charge in [0.1, 0.15) is 0 Å². The third-order valence-corrected chi connectivity index (χ3v) is 3.29. The van der Waals surface area contributed by atoms with Crippen molar-refractivity contribution in [1.29, 1.82) is 0 Å². The fraction of sp³-hybridized carbons (Fsp3) is 0. The van der Waals surface area contributed by atoms with Gasteiger partial charge in [-0.25, -0.2) is 9.78 Å². The Morgan fingerprint density at radius 3 is 2.58 bits per heavy atom. The van der Waals surface area contributed by atoms with E-state index in [9.17, 15) is 4.79 Å². The second-order valence-electron chi connectivity index (χ2n) is 4.41. The molecule has 19 heavy (non-hydrogen) atoms. The molecule has 2 aromatic heterocycles. The summed E-state index contributed by atoms with van der Waals surface area (Å²) in [7, 11) is 0. The van der Waals surface area contributed by atoms with Crippen LogP contribution in [-0.2, 0) is 0 Å². The fourth-order valence-corrected chi connectivity index (χ4v) is 2.47. The monoisotopic (exact) mass is 250 g/mol. The van der Waals surface area contributed by atoms with E-state index in [1.807, 2.05) is 36.4 Å². The average Bonchev–Trinajstić information content (AvgIpc) is 3.02. The summed E-state index contributed by atoms with van der Waals surface area (Å²) in [6, 6.07) is 11.7. The van der Waals surface area contributed by atoms with E-state index in [1.54, 1.807) is 6.33 Å². The minimum atomic E-state index is -0.198. The number of imidazole rings is 2. The van der Waals surface area contributed by atoms with Crippen molar-refractivity contribution in [2.24, 2.45) is 0 Å². The number of nitrogens with zero attached hydrogens (tertiary/aromatic N) is 1. The molecule has 0 amide bonds. The molecule has 0 bridgehead atoms. The molecule has 0 saturated carbocycles. The fourth-order valence-electron chi connectivity index (χ4n) is 2.47. The van der Waals surface area contributed by atoms with Crippen molar-refractivity contribution in [2.75, 3.05) is 0 Å². The largest absolute Gasteiger partial charge is 0.345 e. The van der Waals surface area contributed by atoms with Gasteiger partial charge in [-0.15, -0.1) is 0 Å². The lowest BCUT2D eigenvalue weighted by Gasteiger charge is -2.04. The van der Waals surface area contributed by atoms with E-state index < -0.39 is 0 Å². The zero-order valence-electron chi connectivity index (χ0n) is 9.90. The van der Waals surface area contributed by atoms with E-state index in [4.69, 9.17) is 0 Å².